The van der Waals surface area contributed by atoms with E-state index >= 15 is 0 Å². The zero-order chi connectivity index (χ0) is 7.85. The number of rotatable bonds is 0. The molecule has 3 fully saturated rings. The van der Waals surface area contributed by atoms with Crippen LogP contribution in [-0.4, -0.2) is 11.7 Å². The number of ether oxygens (including phenoxy) is 1. The molecule has 1 saturated heterocycles. The fraction of sp³-hybridized carbons (Fsp3) is 1.00. The van der Waals surface area contributed by atoms with E-state index in [9.17, 15) is 0 Å². The first-order chi connectivity index (χ1) is 5.04. The summed E-state index contributed by atoms with van der Waals surface area (Å²) in [6.07, 6.45) is 3.30. The third kappa shape index (κ3) is 0.618. The van der Waals surface area contributed by atoms with Crippen LogP contribution in [0.3, 0.4) is 0 Å². The molecule has 0 amide bonds. The summed E-state index contributed by atoms with van der Waals surface area (Å²) in [4.78, 5) is 0. The molecular formula is C10H16O. The van der Waals surface area contributed by atoms with E-state index in [-0.39, 0.29) is 0 Å². The first kappa shape index (κ1) is 6.47. The van der Waals surface area contributed by atoms with Crippen molar-refractivity contribution in [1.29, 1.82) is 0 Å². The highest BCUT2D eigenvalue weighted by Crippen LogP contribution is 2.70. The summed E-state index contributed by atoms with van der Waals surface area (Å²) in [7, 11) is 0. The second-order valence-corrected chi connectivity index (χ2v) is 5.39. The van der Waals surface area contributed by atoms with Gasteiger partial charge in [0.05, 0.1) is 11.7 Å². The first-order valence-electron chi connectivity index (χ1n) is 4.72. The van der Waals surface area contributed by atoms with Crippen molar-refractivity contribution in [3.63, 3.8) is 0 Å². The van der Waals surface area contributed by atoms with Gasteiger partial charge in [0.2, 0.25) is 0 Å². The molecule has 0 bridgehead atoms. The molecule has 0 aromatic rings. The van der Waals surface area contributed by atoms with Crippen LogP contribution in [-0.2, 0) is 4.74 Å². The second-order valence-electron chi connectivity index (χ2n) is 5.39. The molecule has 1 heteroatoms. The Morgan fingerprint density at radius 3 is 2.55 bits per heavy atom. The van der Waals surface area contributed by atoms with Gasteiger partial charge in [-0.05, 0) is 37.0 Å². The van der Waals surface area contributed by atoms with Crippen molar-refractivity contribution >= 4 is 0 Å². The van der Waals surface area contributed by atoms with Crippen LogP contribution in [0.1, 0.15) is 33.6 Å². The molecule has 0 N–H and O–H groups in total. The average Bonchev–Trinajstić information content (AvgIpc) is 2.68. The van der Waals surface area contributed by atoms with Crippen molar-refractivity contribution < 1.29 is 4.74 Å². The summed E-state index contributed by atoms with van der Waals surface area (Å²) in [6.45, 7) is 7.11. The van der Waals surface area contributed by atoms with Crippen molar-refractivity contribution in [1.82, 2.24) is 0 Å². The molecular weight excluding hydrogens is 136 g/mol. The molecule has 3 rings (SSSR count). The van der Waals surface area contributed by atoms with Crippen LogP contribution in [0.4, 0.5) is 0 Å². The quantitative estimate of drug-likeness (QED) is 0.485. The third-order valence-electron chi connectivity index (χ3n) is 4.42. The predicted octanol–water partition coefficient (Wildman–Crippen LogP) is 2.21. The van der Waals surface area contributed by atoms with Crippen LogP contribution >= 0.6 is 0 Å². The molecule has 1 nitrogen and oxygen atoms in total. The molecule has 0 aromatic heterocycles. The van der Waals surface area contributed by atoms with E-state index in [4.69, 9.17) is 4.74 Å². The maximum Gasteiger partial charge on any atom is 0.0923 e. The highest BCUT2D eigenvalue weighted by atomic mass is 16.6. The van der Waals surface area contributed by atoms with Crippen molar-refractivity contribution in [2.75, 3.05) is 0 Å². The zero-order valence-corrected chi connectivity index (χ0v) is 7.55. The topological polar surface area (TPSA) is 12.5 Å². The Kier molecular flexibility index (Phi) is 0.820. The van der Waals surface area contributed by atoms with Crippen molar-refractivity contribution in [3.05, 3.63) is 0 Å². The lowest BCUT2D eigenvalue weighted by atomic mass is 9.91. The summed E-state index contributed by atoms with van der Waals surface area (Å²) in [5, 5.41) is 0. The van der Waals surface area contributed by atoms with Crippen LogP contribution in [0, 0.1) is 17.3 Å². The van der Waals surface area contributed by atoms with Crippen molar-refractivity contribution in [3.8, 4) is 0 Å². The van der Waals surface area contributed by atoms with Crippen LogP contribution < -0.4 is 0 Å². The van der Waals surface area contributed by atoms with E-state index in [1.165, 1.54) is 12.8 Å². The largest absolute Gasteiger partial charge is 0.366 e. The Morgan fingerprint density at radius 1 is 1.18 bits per heavy atom. The third-order valence-corrected chi connectivity index (χ3v) is 4.42. The van der Waals surface area contributed by atoms with Gasteiger partial charge in [0.1, 0.15) is 0 Å². The summed E-state index contributed by atoms with van der Waals surface area (Å²) < 4.78 is 5.66. The lowest BCUT2D eigenvalue weighted by molar-refractivity contribution is 0.282. The van der Waals surface area contributed by atoms with Gasteiger partial charge in [-0.15, -0.1) is 0 Å². The maximum atomic E-state index is 5.66. The molecule has 1 heterocycles. The van der Waals surface area contributed by atoms with Gasteiger partial charge >= 0.3 is 0 Å². The molecule has 1 aliphatic heterocycles. The Morgan fingerprint density at radius 2 is 1.91 bits per heavy atom. The van der Waals surface area contributed by atoms with E-state index in [1.54, 1.807) is 0 Å². The summed E-state index contributed by atoms with van der Waals surface area (Å²) in [5.41, 5.74) is 0.967. The molecule has 0 radical (unpaired) electrons. The minimum atomic E-state index is 0.314. The van der Waals surface area contributed by atoms with Crippen LogP contribution in [0.15, 0.2) is 0 Å². The Balaban J connectivity index is 1.85. The first-order valence-corrected chi connectivity index (χ1v) is 4.72. The van der Waals surface area contributed by atoms with Gasteiger partial charge in [-0.3, -0.25) is 0 Å². The van der Waals surface area contributed by atoms with Gasteiger partial charge < -0.3 is 4.74 Å². The predicted molar refractivity (Wildman–Crippen MR) is 43.3 cm³/mol. The molecule has 62 valence electrons. The molecule has 3 aliphatic rings. The number of hydrogen-bond donors (Lipinski definition) is 0. The summed E-state index contributed by atoms with van der Waals surface area (Å²) in [6, 6.07) is 0. The van der Waals surface area contributed by atoms with Crippen LogP contribution in [0.5, 0.6) is 0 Å². The lowest BCUT2D eigenvalue weighted by Gasteiger charge is -2.09. The standard InChI is InChI=1S/C10H16O/c1-9(2)6-4-8-10(3,11-8)5-7(6)9/h6-8H,4-5H2,1-3H3/t6-,7+,8-,10+/m1/s1. The summed E-state index contributed by atoms with van der Waals surface area (Å²) >= 11 is 0. The highest BCUT2D eigenvalue weighted by Gasteiger charge is 2.70. The normalized spacial score (nSPS) is 63.0. The van der Waals surface area contributed by atoms with Crippen LogP contribution in [0.25, 0.3) is 0 Å². The average molecular weight is 152 g/mol. The van der Waals surface area contributed by atoms with E-state index in [0.29, 0.717) is 17.1 Å². The number of epoxide rings is 1. The molecule has 0 unspecified atom stereocenters. The smallest absolute Gasteiger partial charge is 0.0923 e. The van der Waals surface area contributed by atoms with E-state index in [0.717, 1.165) is 11.8 Å². The zero-order valence-electron chi connectivity index (χ0n) is 7.55. The minimum absolute atomic E-state index is 0.314. The molecule has 11 heavy (non-hydrogen) atoms. The molecule has 2 aliphatic carbocycles. The summed E-state index contributed by atoms with van der Waals surface area (Å²) in [5.74, 6) is 1.97. The Bertz CT molecular complexity index is 221. The molecule has 0 aromatic carbocycles. The van der Waals surface area contributed by atoms with E-state index in [1.807, 2.05) is 0 Å². The Hall–Kier alpha value is -0.0400. The van der Waals surface area contributed by atoms with Crippen molar-refractivity contribution in [2.24, 2.45) is 17.3 Å². The van der Waals surface area contributed by atoms with Gasteiger partial charge in [0.25, 0.3) is 0 Å². The fourth-order valence-electron chi connectivity index (χ4n) is 3.17. The van der Waals surface area contributed by atoms with Crippen LogP contribution in [0.2, 0.25) is 0 Å². The number of hydrogen-bond acceptors (Lipinski definition) is 1. The van der Waals surface area contributed by atoms with Gasteiger partial charge in [-0.1, -0.05) is 13.8 Å². The van der Waals surface area contributed by atoms with Gasteiger partial charge in [-0.25, -0.2) is 0 Å². The maximum absolute atomic E-state index is 5.66. The molecule has 2 saturated carbocycles. The second kappa shape index (κ2) is 1.39. The highest BCUT2D eigenvalue weighted by molar-refractivity contribution is 5.18. The molecule has 0 spiro atoms. The lowest BCUT2D eigenvalue weighted by Crippen LogP contribution is -2.16. The van der Waals surface area contributed by atoms with Gasteiger partial charge in [0, 0.05) is 0 Å². The van der Waals surface area contributed by atoms with E-state index in [2.05, 4.69) is 20.8 Å². The van der Waals surface area contributed by atoms with E-state index < -0.39 is 0 Å². The number of fused-ring (bicyclic) bond motifs is 2. The SMILES string of the molecule is CC1(C)[C@@H]2C[C@H]3O[C@@]3(C)C[C@@H]21. The molecule has 4 atom stereocenters. The fourth-order valence-corrected chi connectivity index (χ4v) is 3.17. The van der Waals surface area contributed by atoms with Crippen molar-refractivity contribution in [2.45, 2.75) is 45.3 Å². The monoisotopic (exact) mass is 152 g/mol. The Labute approximate surface area is 68.1 Å². The van der Waals surface area contributed by atoms with Gasteiger partial charge in [-0.2, -0.15) is 0 Å². The minimum Gasteiger partial charge on any atom is -0.366 e. The van der Waals surface area contributed by atoms with Gasteiger partial charge in [0.15, 0.2) is 0 Å².